The number of fused-ring (bicyclic) bond motifs is 1. The molecule has 1 aliphatic heterocycles. The summed E-state index contributed by atoms with van der Waals surface area (Å²) in [5.74, 6) is 0.605. The van der Waals surface area contributed by atoms with Crippen molar-refractivity contribution in [3.05, 3.63) is 42.2 Å². The molecule has 11 heteroatoms. The average molecular weight is 527 g/mol. The third-order valence-corrected chi connectivity index (χ3v) is 6.70. The Morgan fingerprint density at radius 3 is 2.84 bits per heavy atom. The van der Waals surface area contributed by atoms with E-state index in [1.54, 1.807) is 35.0 Å². The summed E-state index contributed by atoms with van der Waals surface area (Å²) in [7, 11) is 1.40. The molecule has 1 saturated heterocycles. The number of hydrogen-bond acceptors (Lipinski definition) is 8. The molecule has 2 aromatic heterocycles. The number of methoxy groups -OCH3 is 1. The second-order valence-corrected chi connectivity index (χ2v) is 9.37. The van der Waals surface area contributed by atoms with Crippen LogP contribution in [0, 0.1) is 17.2 Å². The maximum Gasteiger partial charge on any atom is 0.387 e. The van der Waals surface area contributed by atoms with E-state index >= 15 is 0 Å². The van der Waals surface area contributed by atoms with Crippen LogP contribution in [0.2, 0.25) is 0 Å². The molecule has 1 atom stereocenters. The third-order valence-electron chi connectivity index (χ3n) is 6.70. The Labute approximate surface area is 218 Å². The number of hydrogen-bond donors (Lipinski definition) is 0. The van der Waals surface area contributed by atoms with Crippen LogP contribution in [-0.2, 0) is 4.74 Å². The Morgan fingerprint density at radius 2 is 2.11 bits per heavy atom. The van der Waals surface area contributed by atoms with Crippen molar-refractivity contribution in [2.75, 3.05) is 40.0 Å². The number of carbonyl (C=O) groups is 1. The van der Waals surface area contributed by atoms with Gasteiger partial charge in [0, 0.05) is 43.9 Å². The molecule has 3 aromatic rings. The van der Waals surface area contributed by atoms with E-state index in [9.17, 15) is 13.6 Å². The van der Waals surface area contributed by atoms with Gasteiger partial charge in [0.25, 0.3) is 0 Å². The lowest BCUT2D eigenvalue weighted by Gasteiger charge is -2.29. The minimum absolute atomic E-state index is 0.0364. The van der Waals surface area contributed by atoms with Crippen LogP contribution in [0.25, 0.3) is 16.9 Å². The summed E-state index contributed by atoms with van der Waals surface area (Å²) in [4.78, 5) is 19.5. The van der Waals surface area contributed by atoms with Crippen molar-refractivity contribution in [2.45, 2.75) is 32.0 Å². The van der Waals surface area contributed by atoms with Crippen molar-refractivity contribution in [3.8, 4) is 34.6 Å². The lowest BCUT2D eigenvalue weighted by atomic mass is 10.00. The third kappa shape index (κ3) is 5.87. The second kappa shape index (κ2) is 11.3. The van der Waals surface area contributed by atoms with Crippen LogP contribution < -0.4 is 14.2 Å². The number of aromatic nitrogens is 2. The number of imidazole rings is 1. The molecule has 1 unspecified atom stereocenters. The lowest BCUT2D eigenvalue weighted by Crippen LogP contribution is -2.43. The summed E-state index contributed by atoms with van der Waals surface area (Å²) in [5, 5.41) is 9.05. The minimum Gasteiger partial charge on any atom is -0.496 e. The summed E-state index contributed by atoms with van der Waals surface area (Å²) < 4.78 is 49.8. The van der Waals surface area contributed by atoms with Crippen LogP contribution in [0.5, 0.6) is 17.2 Å². The molecule has 38 heavy (non-hydrogen) atoms. The zero-order chi connectivity index (χ0) is 26.6. The fraction of sp³-hybridized carbons (Fsp3) is 0.444. The monoisotopic (exact) mass is 526 g/mol. The van der Waals surface area contributed by atoms with Gasteiger partial charge in [-0.05, 0) is 37.0 Å². The minimum atomic E-state index is -3.09. The van der Waals surface area contributed by atoms with Gasteiger partial charge in [-0.1, -0.05) is 0 Å². The number of halogens is 2. The highest BCUT2D eigenvalue weighted by Crippen LogP contribution is 2.40. The van der Waals surface area contributed by atoms with Crippen molar-refractivity contribution < 1.29 is 32.5 Å². The number of ether oxygens (including phenoxy) is 4. The van der Waals surface area contributed by atoms with Crippen molar-refractivity contribution in [1.82, 2.24) is 14.3 Å². The fourth-order valence-corrected chi connectivity index (χ4v) is 4.59. The Morgan fingerprint density at radius 1 is 1.29 bits per heavy atom. The molecule has 1 saturated carbocycles. The Balaban J connectivity index is 1.36. The van der Waals surface area contributed by atoms with Crippen LogP contribution >= 0.6 is 0 Å². The van der Waals surface area contributed by atoms with E-state index in [1.807, 2.05) is 0 Å². The van der Waals surface area contributed by atoms with Crippen LogP contribution in [0.1, 0.15) is 29.6 Å². The van der Waals surface area contributed by atoms with Crippen LogP contribution in [0.3, 0.4) is 0 Å². The first-order chi connectivity index (χ1) is 18.4. The molecule has 0 amide bonds. The highest BCUT2D eigenvalue weighted by Gasteiger charge is 2.30. The molecular formula is C27H28F2N4O5. The van der Waals surface area contributed by atoms with Crippen molar-refractivity contribution in [1.29, 1.82) is 5.26 Å². The molecule has 5 rings (SSSR count). The van der Waals surface area contributed by atoms with Gasteiger partial charge in [-0.3, -0.25) is 14.1 Å². The maximum absolute atomic E-state index is 13.3. The number of pyridine rings is 1. The van der Waals surface area contributed by atoms with E-state index in [4.69, 9.17) is 24.2 Å². The molecule has 0 bridgehead atoms. The average Bonchev–Trinajstić information content (AvgIpc) is 3.62. The molecule has 200 valence electrons. The van der Waals surface area contributed by atoms with Gasteiger partial charge in [-0.2, -0.15) is 14.0 Å². The zero-order valence-corrected chi connectivity index (χ0v) is 20.9. The van der Waals surface area contributed by atoms with E-state index in [1.165, 1.54) is 13.2 Å². The number of rotatable bonds is 11. The first-order valence-corrected chi connectivity index (χ1v) is 12.5. The summed E-state index contributed by atoms with van der Waals surface area (Å²) >= 11 is 0. The number of alkyl halides is 2. The SMILES string of the molecule is COc1cc(-c2cnc3cc(OCCN4CCOC(C#N)C4)ccn23)cc(OC(F)F)c1C(=O)CC1CC1. The first kappa shape index (κ1) is 25.9. The van der Waals surface area contributed by atoms with Gasteiger partial charge < -0.3 is 18.9 Å². The van der Waals surface area contributed by atoms with Crippen molar-refractivity contribution >= 4 is 11.4 Å². The molecule has 9 nitrogen and oxygen atoms in total. The molecular weight excluding hydrogens is 498 g/mol. The Kier molecular flexibility index (Phi) is 7.72. The Bertz CT molecular complexity index is 1350. The van der Waals surface area contributed by atoms with Gasteiger partial charge in [-0.15, -0.1) is 0 Å². The normalized spacial score (nSPS) is 17.9. The van der Waals surface area contributed by atoms with Crippen LogP contribution in [0.4, 0.5) is 8.78 Å². The lowest BCUT2D eigenvalue weighted by molar-refractivity contribution is -0.0502. The second-order valence-electron chi connectivity index (χ2n) is 9.37. The largest absolute Gasteiger partial charge is 0.496 e. The molecule has 0 spiro atoms. The number of Topliss-reactive ketones (excluding diaryl/α,β-unsaturated/α-hetero) is 1. The molecule has 1 aliphatic carbocycles. The maximum atomic E-state index is 13.3. The zero-order valence-electron chi connectivity index (χ0n) is 20.9. The van der Waals surface area contributed by atoms with Gasteiger partial charge in [-0.25, -0.2) is 4.98 Å². The molecule has 0 radical (unpaired) electrons. The molecule has 2 aliphatic rings. The molecule has 1 aromatic carbocycles. The summed E-state index contributed by atoms with van der Waals surface area (Å²) in [6.07, 6.45) is 5.16. The number of benzene rings is 1. The first-order valence-electron chi connectivity index (χ1n) is 12.5. The van der Waals surface area contributed by atoms with Gasteiger partial charge in [0.05, 0.1) is 31.7 Å². The van der Waals surface area contributed by atoms with Crippen molar-refractivity contribution in [2.24, 2.45) is 5.92 Å². The summed E-state index contributed by atoms with van der Waals surface area (Å²) in [6.45, 7) is -0.183. The quantitative estimate of drug-likeness (QED) is 0.343. The molecule has 2 fully saturated rings. The predicted octanol–water partition coefficient (Wildman–Crippen LogP) is 4.20. The number of ketones is 1. The Hall–Kier alpha value is -3.75. The van der Waals surface area contributed by atoms with Gasteiger partial charge >= 0.3 is 6.61 Å². The van der Waals surface area contributed by atoms with E-state index in [2.05, 4.69) is 16.0 Å². The van der Waals surface area contributed by atoms with Gasteiger partial charge in [0.2, 0.25) is 0 Å². The van der Waals surface area contributed by atoms with E-state index in [0.717, 1.165) is 19.4 Å². The van der Waals surface area contributed by atoms with Gasteiger partial charge in [0.1, 0.15) is 35.1 Å². The van der Waals surface area contributed by atoms with E-state index in [0.29, 0.717) is 49.0 Å². The van der Waals surface area contributed by atoms with Crippen LogP contribution in [-0.4, -0.2) is 72.7 Å². The summed E-state index contributed by atoms with van der Waals surface area (Å²) in [5.41, 5.74) is 1.76. The highest BCUT2D eigenvalue weighted by molar-refractivity contribution is 6.02. The number of nitriles is 1. The predicted molar refractivity (Wildman–Crippen MR) is 133 cm³/mol. The smallest absolute Gasteiger partial charge is 0.387 e. The molecule has 3 heterocycles. The molecule has 0 N–H and O–H groups in total. The fourth-order valence-electron chi connectivity index (χ4n) is 4.59. The number of nitrogens with zero attached hydrogens (tertiary/aromatic N) is 4. The van der Waals surface area contributed by atoms with Crippen LogP contribution in [0.15, 0.2) is 36.7 Å². The highest BCUT2D eigenvalue weighted by atomic mass is 19.3. The van der Waals surface area contributed by atoms with Crippen molar-refractivity contribution in [3.63, 3.8) is 0 Å². The van der Waals surface area contributed by atoms with E-state index < -0.39 is 12.7 Å². The van der Waals surface area contributed by atoms with E-state index in [-0.39, 0.29) is 35.2 Å². The summed E-state index contributed by atoms with van der Waals surface area (Å²) in [6, 6.07) is 8.77. The topological polar surface area (TPSA) is 98.3 Å². The standard InChI is InChI=1S/C27H28F2N4O5/c1-35-23-11-18(12-24(38-27(28)29)26(23)22(34)10-17-2-3-17)21-15-31-25-13-19(4-5-33(21)25)36-8-6-32-7-9-37-20(14-30)16-32/h4-5,11-13,15,17,20,27H,2-3,6-10,16H2,1H3. The number of morpholine rings is 1. The number of carbonyl (C=O) groups excluding carboxylic acids is 1. The van der Waals surface area contributed by atoms with Gasteiger partial charge in [0.15, 0.2) is 11.9 Å².